The molecular weight excluding hydrogens is 238 g/mol. The van der Waals surface area contributed by atoms with Gasteiger partial charge in [-0.25, -0.2) is 4.79 Å². The minimum absolute atomic E-state index is 0.178. The van der Waals surface area contributed by atoms with Crippen molar-refractivity contribution in [2.75, 3.05) is 19.0 Å². The number of esters is 1. The van der Waals surface area contributed by atoms with E-state index in [4.69, 9.17) is 4.74 Å². The van der Waals surface area contributed by atoms with Crippen molar-refractivity contribution in [3.63, 3.8) is 0 Å². The average molecular weight is 257 g/mol. The molecule has 0 bridgehead atoms. The molecule has 0 amide bonds. The molecule has 0 radical (unpaired) electrons. The highest BCUT2D eigenvalue weighted by atomic mass is 16.5. The summed E-state index contributed by atoms with van der Waals surface area (Å²) in [6.45, 7) is 5.79. The zero-order valence-corrected chi connectivity index (χ0v) is 11.6. The van der Waals surface area contributed by atoms with Crippen LogP contribution in [-0.2, 0) is 9.53 Å². The first-order valence-electron chi connectivity index (χ1n) is 6.32. The molecule has 1 aliphatic heterocycles. The Morgan fingerprint density at radius 3 is 2.79 bits per heavy atom. The Bertz CT molecular complexity index is 543. The van der Waals surface area contributed by atoms with E-state index in [-0.39, 0.29) is 12.1 Å². The van der Waals surface area contributed by atoms with Gasteiger partial charge < -0.3 is 9.64 Å². The Morgan fingerprint density at radius 2 is 2.16 bits per heavy atom. The van der Waals surface area contributed by atoms with E-state index in [1.165, 1.54) is 0 Å². The van der Waals surface area contributed by atoms with Crippen LogP contribution >= 0.6 is 0 Å². The van der Waals surface area contributed by atoms with Gasteiger partial charge in [-0.15, -0.1) is 0 Å². The lowest BCUT2D eigenvalue weighted by molar-refractivity contribution is -0.137. The number of hydrogen-bond acceptors (Lipinski definition) is 3. The summed E-state index contributed by atoms with van der Waals surface area (Å²) in [7, 11) is 3.95. The Balaban J connectivity index is 2.28. The number of cyclic esters (lactones) is 1. The second-order valence-electron chi connectivity index (χ2n) is 5.13. The predicted octanol–water partition coefficient (Wildman–Crippen LogP) is 3.03. The monoisotopic (exact) mass is 257 g/mol. The second-order valence-corrected chi connectivity index (χ2v) is 5.13. The van der Waals surface area contributed by atoms with E-state index in [1.54, 1.807) is 0 Å². The number of carbonyl (C=O) groups excluding carboxylic acids is 1. The fraction of sp³-hybridized carbons (Fsp3) is 0.312. The fourth-order valence-corrected chi connectivity index (χ4v) is 2.10. The average Bonchev–Trinajstić information content (AvgIpc) is 2.69. The zero-order chi connectivity index (χ0) is 14.0. The van der Waals surface area contributed by atoms with Crippen LogP contribution in [0.1, 0.15) is 18.9 Å². The van der Waals surface area contributed by atoms with E-state index >= 15 is 0 Å². The summed E-state index contributed by atoms with van der Waals surface area (Å²) in [5.74, 6) is -0.248. The second kappa shape index (κ2) is 5.31. The summed E-state index contributed by atoms with van der Waals surface area (Å²) in [6, 6.07) is 7.89. The van der Waals surface area contributed by atoms with Crippen molar-refractivity contribution in [2.24, 2.45) is 0 Å². The standard InChI is InChI=1S/C16H19NO2/c1-11(2)8-14-10-15(16(18)19-14)12-6-5-7-13(9-12)17(3)4/h5-7,9-10,14H,1,8H2,2-4H3/t14-/m1/s1. The van der Waals surface area contributed by atoms with Gasteiger partial charge in [0.05, 0.1) is 5.57 Å². The number of nitrogens with zero attached hydrogens (tertiary/aromatic N) is 1. The molecule has 1 aliphatic rings. The van der Waals surface area contributed by atoms with Crippen molar-refractivity contribution in [3.8, 4) is 0 Å². The van der Waals surface area contributed by atoms with Gasteiger partial charge in [-0.05, 0) is 30.7 Å². The summed E-state index contributed by atoms with van der Waals surface area (Å²) in [4.78, 5) is 13.9. The van der Waals surface area contributed by atoms with Gasteiger partial charge in [0.15, 0.2) is 0 Å². The molecule has 3 heteroatoms. The van der Waals surface area contributed by atoms with Crippen molar-refractivity contribution in [2.45, 2.75) is 19.4 Å². The maximum absolute atomic E-state index is 11.9. The van der Waals surface area contributed by atoms with Gasteiger partial charge in [0.25, 0.3) is 0 Å². The normalized spacial score (nSPS) is 17.9. The maximum atomic E-state index is 11.9. The number of rotatable bonds is 4. The van der Waals surface area contributed by atoms with E-state index in [9.17, 15) is 4.79 Å². The molecule has 19 heavy (non-hydrogen) atoms. The molecule has 0 aliphatic carbocycles. The number of hydrogen-bond donors (Lipinski definition) is 0. The van der Waals surface area contributed by atoms with Gasteiger partial charge in [0.1, 0.15) is 6.10 Å². The third-order valence-electron chi connectivity index (χ3n) is 3.05. The molecule has 3 nitrogen and oxygen atoms in total. The smallest absolute Gasteiger partial charge is 0.339 e. The van der Waals surface area contributed by atoms with E-state index in [0.29, 0.717) is 12.0 Å². The predicted molar refractivity (Wildman–Crippen MR) is 78.1 cm³/mol. The quantitative estimate of drug-likeness (QED) is 0.613. The molecule has 2 rings (SSSR count). The first-order chi connectivity index (χ1) is 8.97. The Labute approximate surface area is 114 Å². The molecule has 1 aromatic rings. The lowest BCUT2D eigenvalue weighted by Crippen LogP contribution is -2.09. The van der Waals surface area contributed by atoms with E-state index in [1.807, 2.05) is 56.3 Å². The lowest BCUT2D eigenvalue weighted by Gasteiger charge is -2.13. The van der Waals surface area contributed by atoms with Gasteiger partial charge in [-0.1, -0.05) is 24.3 Å². The van der Waals surface area contributed by atoms with E-state index in [0.717, 1.165) is 16.8 Å². The van der Waals surface area contributed by atoms with Crippen molar-refractivity contribution in [1.82, 2.24) is 0 Å². The molecule has 0 aromatic heterocycles. The molecule has 0 saturated carbocycles. The molecule has 1 aromatic carbocycles. The number of anilines is 1. The molecule has 0 fully saturated rings. The Morgan fingerprint density at radius 1 is 1.42 bits per heavy atom. The summed E-state index contributed by atoms with van der Waals surface area (Å²) >= 11 is 0. The van der Waals surface area contributed by atoms with Gasteiger partial charge >= 0.3 is 5.97 Å². The SMILES string of the molecule is C=C(C)C[C@@H]1C=C(c2cccc(N(C)C)c2)C(=O)O1. The highest BCUT2D eigenvalue weighted by molar-refractivity contribution is 6.18. The van der Waals surface area contributed by atoms with Crippen molar-refractivity contribution in [3.05, 3.63) is 48.1 Å². The summed E-state index contributed by atoms with van der Waals surface area (Å²) in [6.07, 6.45) is 2.40. The van der Waals surface area contributed by atoms with Gasteiger partial charge in [-0.2, -0.15) is 0 Å². The first kappa shape index (κ1) is 13.4. The van der Waals surface area contributed by atoms with Gasteiger partial charge in [0, 0.05) is 26.2 Å². The number of ether oxygens (including phenoxy) is 1. The Kier molecular flexibility index (Phi) is 3.74. The summed E-state index contributed by atoms with van der Waals surface area (Å²) < 4.78 is 5.33. The largest absolute Gasteiger partial charge is 0.454 e. The van der Waals surface area contributed by atoms with Crippen LogP contribution in [0.25, 0.3) is 5.57 Å². The number of carbonyl (C=O) groups is 1. The van der Waals surface area contributed by atoms with Crippen molar-refractivity contribution < 1.29 is 9.53 Å². The zero-order valence-electron chi connectivity index (χ0n) is 11.6. The topological polar surface area (TPSA) is 29.5 Å². The van der Waals surface area contributed by atoms with Crippen LogP contribution < -0.4 is 4.90 Å². The van der Waals surface area contributed by atoms with Crippen LogP contribution in [0.4, 0.5) is 5.69 Å². The van der Waals surface area contributed by atoms with Crippen LogP contribution in [0.15, 0.2) is 42.5 Å². The van der Waals surface area contributed by atoms with Crippen LogP contribution in [0.2, 0.25) is 0 Å². The third kappa shape index (κ3) is 3.05. The highest BCUT2D eigenvalue weighted by Crippen LogP contribution is 2.28. The van der Waals surface area contributed by atoms with E-state index in [2.05, 4.69) is 6.58 Å². The van der Waals surface area contributed by atoms with Crippen molar-refractivity contribution in [1.29, 1.82) is 0 Å². The minimum atomic E-state index is -0.248. The molecule has 0 unspecified atom stereocenters. The van der Waals surface area contributed by atoms with Crippen LogP contribution in [0, 0.1) is 0 Å². The molecule has 100 valence electrons. The first-order valence-corrected chi connectivity index (χ1v) is 6.32. The minimum Gasteiger partial charge on any atom is -0.454 e. The maximum Gasteiger partial charge on any atom is 0.339 e. The Hall–Kier alpha value is -2.03. The molecular formula is C16H19NO2. The molecule has 0 saturated heterocycles. The van der Waals surface area contributed by atoms with Gasteiger partial charge in [-0.3, -0.25) is 0 Å². The van der Waals surface area contributed by atoms with Crippen LogP contribution in [0.3, 0.4) is 0 Å². The highest BCUT2D eigenvalue weighted by Gasteiger charge is 2.26. The third-order valence-corrected chi connectivity index (χ3v) is 3.05. The van der Waals surface area contributed by atoms with Crippen LogP contribution in [-0.4, -0.2) is 26.2 Å². The summed E-state index contributed by atoms with van der Waals surface area (Å²) in [5.41, 5.74) is 3.63. The molecule has 0 N–H and O–H groups in total. The van der Waals surface area contributed by atoms with E-state index < -0.39 is 0 Å². The van der Waals surface area contributed by atoms with Crippen molar-refractivity contribution >= 4 is 17.2 Å². The molecule has 1 atom stereocenters. The fourth-order valence-electron chi connectivity index (χ4n) is 2.10. The van der Waals surface area contributed by atoms with Crippen LogP contribution in [0.5, 0.6) is 0 Å². The molecule has 0 spiro atoms. The lowest BCUT2D eigenvalue weighted by atomic mass is 10.0. The van der Waals surface area contributed by atoms with Gasteiger partial charge in [0.2, 0.25) is 0 Å². The number of benzene rings is 1. The summed E-state index contributed by atoms with van der Waals surface area (Å²) in [5, 5.41) is 0. The molecule has 1 heterocycles.